The van der Waals surface area contributed by atoms with Crippen LogP contribution in [0.1, 0.15) is 48.5 Å². The number of nitrogens with one attached hydrogen (secondary N) is 2. The quantitative estimate of drug-likeness (QED) is 0.389. The van der Waals surface area contributed by atoms with Crippen molar-refractivity contribution in [2.24, 2.45) is 0 Å². The summed E-state index contributed by atoms with van der Waals surface area (Å²) in [6.07, 6.45) is 3.53. The number of para-hydroxylation sites is 1. The van der Waals surface area contributed by atoms with Crippen molar-refractivity contribution in [3.63, 3.8) is 0 Å². The van der Waals surface area contributed by atoms with Crippen LogP contribution in [0.5, 0.6) is 0 Å². The van der Waals surface area contributed by atoms with Gasteiger partial charge in [0.25, 0.3) is 5.56 Å². The predicted molar refractivity (Wildman–Crippen MR) is 127 cm³/mol. The molecule has 168 valence electrons. The van der Waals surface area contributed by atoms with Crippen LogP contribution in [0.4, 0.5) is 11.5 Å². The van der Waals surface area contributed by atoms with Crippen molar-refractivity contribution in [3.05, 3.63) is 63.7 Å². The number of fused-ring (bicyclic) bond motifs is 1. The molecule has 33 heavy (non-hydrogen) atoms. The number of anilines is 2. The normalized spacial score (nSPS) is 13.4. The predicted octanol–water partition coefficient (Wildman–Crippen LogP) is 2.62. The lowest BCUT2D eigenvalue weighted by atomic mass is 10.1. The summed E-state index contributed by atoms with van der Waals surface area (Å²) in [6, 6.07) is 7.64. The van der Waals surface area contributed by atoms with E-state index in [1.165, 1.54) is 6.33 Å². The first kappa shape index (κ1) is 20.8. The molecule has 3 heterocycles. The van der Waals surface area contributed by atoms with Gasteiger partial charge in [-0.2, -0.15) is 5.10 Å². The van der Waals surface area contributed by atoms with E-state index in [4.69, 9.17) is 21.2 Å². The molecule has 0 spiro atoms. The van der Waals surface area contributed by atoms with Crippen molar-refractivity contribution in [1.29, 1.82) is 5.41 Å². The Kier molecular flexibility index (Phi) is 4.92. The average Bonchev–Trinajstić information content (AvgIpc) is 3.57. The number of nitrogens with zero attached hydrogens (tertiary/aromatic N) is 6. The standard InChI is InChI=1S/C23H25N9O/c1-12-6-4-5-7-15(12)32-16(29-18(13(2)24)20(26-3)23(32)33)10-31-22-17(21(25)27-11-28-22)19(30-31)14-8-9-14/h4-7,11,14,24,26H,8-10H2,1-3H3,(H2,25,27,28). The van der Waals surface area contributed by atoms with Crippen LogP contribution in [-0.4, -0.2) is 42.1 Å². The first-order valence-electron chi connectivity index (χ1n) is 10.8. The Labute approximate surface area is 190 Å². The van der Waals surface area contributed by atoms with Gasteiger partial charge in [0.2, 0.25) is 0 Å². The molecule has 0 saturated heterocycles. The van der Waals surface area contributed by atoms with E-state index in [0.717, 1.165) is 35.2 Å². The second-order valence-corrected chi connectivity index (χ2v) is 8.33. The van der Waals surface area contributed by atoms with E-state index in [1.54, 1.807) is 23.2 Å². The first-order chi connectivity index (χ1) is 15.9. The highest BCUT2D eigenvalue weighted by Gasteiger charge is 2.31. The topological polar surface area (TPSA) is 140 Å². The number of aryl methyl sites for hydroxylation is 1. The van der Waals surface area contributed by atoms with E-state index in [1.807, 2.05) is 31.2 Å². The molecule has 10 nitrogen and oxygen atoms in total. The summed E-state index contributed by atoms with van der Waals surface area (Å²) in [6.45, 7) is 3.75. The minimum Gasteiger partial charge on any atom is -0.383 e. The van der Waals surface area contributed by atoms with Gasteiger partial charge < -0.3 is 16.5 Å². The van der Waals surface area contributed by atoms with Gasteiger partial charge >= 0.3 is 0 Å². The fourth-order valence-corrected chi connectivity index (χ4v) is 4.18. The number of benzene rings is 1. The molecule has 1 saturated carbocycles. The summed E-state index contributed by atoms with van der Waals surface area (Å²) >= 11 is 0. The van der Waals surface area contributed by atoms with Gasteiger partial charge in [-0.05, 0) is 38.3 Å². The maximum atomic E-state index is 13.6. The molecule has 10 heteroatoms. The fourth-order valence-electron chi connectivity index (χ4n) is 4.18. The number of nitrogen functional groups attached to an aromatic ring is 1. The molecule has 0 atom stereocenters. The van der Waals surface area contributed by atoms with E-state index >= 15 is 0 Å². The molecule has 0 radical (unpaired) electrons. The van der Waals surface area contributed by atoms with Gasteiger partial charge in [0.05, 0.1) is 22.5 Å². The van der Waals surface area contributed by atoms with Crippen LogP contribution >= 0.6 is 0 Å². The highest BCUT2D eigenvalue weighted by atomic mass is 16.1. The summed E-state index contributed by atoms with van der Waals surface area (Å²) in [7, 11) is 1.66. The van der Waals surface area contributed by atoms with Crippen molar-refractivity contribution in [2.75, 3.05) is 18.1 Å². The molecule has 1 aliphatic carbocycles. The van der Waals surface area contributed by atoms with Crippen molar-refractivity contribution in [2.45, 2.75) is 39.2 Å². The molecule has 0 amide bonds. The van der Waals surface area contributed by atoms with Crippen LogP contribution in [0.3, 0.4) is 0 Å². The fraction of sp³-hybridized carbons (Fsp3) is 0.304. The minimum atomic E-state index is -0.272. The molecule has 3 aromatic heterocycles. The molecular weight excluding hydrogens is 418 g/mol. The molecule has 1 aromatic carbocycles. The zero-order chi connectivity index (χ0) is 23.3. The smallest absolute Gasteiger partial charge is 0.282 e. The Morgan fingerprint density at radius 3 is 2.70 bits per heavy atom. The molecule has 4 aromatic rings. The first-order valence-corrected chi connectivity index (χ1v) is 10.8. The number of nitrogens with two attached hydrogens (primary N) is 1. The van der Waals surface area contributed by atoms with Crippen LogP contribution in [0.2, 0.25) is 0 Å². The lowest BCUT2D eigenvalue weighted by Crippen LogP contribution is -2.30. The summed E-state index contributed by atoms with van der Waals surface area (Å²) < 4.78 is 3.32. The largest absolute Gasteiger partial charge is 0.383 e. The van der Waals surface area contributed by atoms with E-state index in [0.29, 0.717) is 28.9 Å². The lowest BCUT2D eigenvalue weighted by molar-refractivity contribution is 0.634. The minimum absolute atomic E-state index is 0.188. The number of rotatable bonds is 6. The van der Waals surface area contributed by atoms with Crippen LogP contribution < -0.4 is 16.6 Å². The van der Waals surface area contributed by atoms with Crippen LogP contribution in [0, 0.1) is 12.3 Å². The summed E-state index contributed by atoms with van der Waals surface area (Å²) in [5.41, 5.74) is 9.87. The second-order valence-electron chi connectivity index (χ2n) is 8.33. The molecule has 0 unspecified atom stereocenters. The zero-order valence-corrected chi connectivity index (χ0v) is 18.8. The highest BCUT2D eigenvalue weighted by Crippen LogP contribution is 2.43. The molecule has 1 fully saturated rings. The van der Waals surface area contributed by atoms with Crippen molar-refractivity contribution >= 4 is 28.3 Å². The summed E-state index contributed by atoms with van der Waals surface area (Å²) in [4.78, 5) is 27.0. The van der Waals surface area contributed by atoms with E-state index < -0.39 is 0 Å². The van der Waals surface area contributed by atoms with Crippen molar-refractivity contribution in [3.8, 4) is 5.69 Å². The Bertz CT molecular complexity index is 1460. The SMILES string of the molecule is CNc1c(C(C)=N)nc(Cn2nc(C3CC3)c3c(N)ncnc32)n(-c2ccccc2C)c1=O. The molecule has 0 bridgehead atoms. The van der Waals surface area contributed by atoms with Gasteiger partial charge in [-0.15, -0.1) is 0 Å². The van der Waals surface area contributed by atoms with E-state index in [2.05, 4.69) is 15.3 Å². The zero-order valence-electron chi connectivity index (χ0n) is 18.8. The van der Waals surface area contributed by atoms with Crippen LogP contribution in [0.15, 0.2) is 35.4 Å². The average molecular weight is 444 g/mol. The third-order valence-corrected chi connectivity index (χ3v) is 5.96. The highest BCUT2D eigenvalue weighted by molar-refractivity contribution is 5.99. The van der Waals surface area contributed by atoms with Gasteiger partial charge in [0.15, 0.2) is 5.65 Å². The number of hydrogen-bond donors (Lipinski definition) is 3. The monoisotopic (exact) mass is 443 g/mol. The third-order valence-electron chi connectivity index (χ3n) is 5.96. The summed E-state index contributed by atoms with van der Waals surface area (Å²) in [5, 5.41) is 16.7. The Morgan fingerprint density at radius 1 is 1.27 bits per heavy atom. The molecule has 5 rings (SSSR count). The third kappa shape index (κ3) is 3.43. The van der Waals surface area contributed by atoms with Gasteiger partial charge in [-0.25, -0.2) is 19.6 Å². The van der Waals surface area contributed by atoms with Gasteiger partial charge in [0.1, 0.15) is 35.9 Å². The van der Waals surface area contributed by atoms with Gasteiger partial charge in [-0.3, -0.25) is 9.36 Å². The maximum absolute atomic E-state index is 13.6. The molecular formula is C23H25N9O. The second kappa shape index (κ2) is 7.80. The van der Waals surface area contributed by atoms with Gasteiger partial charge in [0, 0.05) is 13.0 Å². The molecule has 4 N–H and O–H groups in total. The maximum Gasteiger partial charge on any atom is 0.282 e. The number of hydrogen-bond acceptors (Lipinski definition) is 8. The Hall–Kier alpha value is -4.08. The van der Waals surface area contributed by atoms with Crippen LogP contribution in [0.25, 0.3) is 16.7 Å². The molecule has 1 aliphatic rings. The van der Waals surface area contributed by atoms with Crippen molar-refractivity contribution in [1.82, 2.24) is 29.3 Å². The van der Waals surface area contributed by atoms with Crippen molar-refractivity contribution < 1.29 is 0 Å². The van der Waals surface area contributed by atoms with E-state index in [-0.39, 0.29) is 23.5 Å². The lowest BCUT2D eigenvalue weighted by Gasteiger charge is -2.18. The molecule has 0 aliphatic heterocycles. The van der Waals surface area contributed by atoms with Gasteiger partial charge in [-0.1, -0.05) is 18.2 Å². The van der Waals surface area contributed by atoms with E-state index in [9.17, 15) is 4.79 Å². The summed E-state index contributed by atoms with van der Waals surface area (Å²) in [5.74, 6) is 1.21. The van der Waals surface area contributed by atoms with Crippen LogP contribution in [-0.2, 0) is 6.54 Å². The Balaban J connectivity index is 1.77. The number of aromatic nitrogens is 6. The Morgan fingerprint density at radius 2 is 2.03 bits per heavy atom.